The van der Waals surface area contributed by atoms with Crippen LogP contribution in [0.3, 0.4) is 0 Å². The van der Waals surface area contributed by atoms with E-state index in [-0.39, 0.29) is 24.2 Å². The van der Waals surface area contributed by atoms with Gasteiger partial charge in [0.05, 0.1) is 17.5 Å². The minimum Gasteiger partial charge on any atom is -0.486 e. The molecule has 0 spiro atoms. The zero-order chi connectivity index (χ0) is 22.6. The van der Waals surface area contributed by atoms with Crippen molar-refractivity contribution < 1.29 is 22.7 Å². The Kier molecular flexibility index (Phi) is 7.10. The van der Waals surface area contributed by atoms with Crippen LogP contribution in [-0.4, -0.2) is 39.8 Å². The van der Waals surface area contributed by atoms with Crippen LogP contribution in [0.2, 0.25) is 0 Å². The number of sulfonamides is 1. The number of benzene rings is 2. The fourth-order valence-electron chi connectivity index (χ4n) is 3.47. The van der Waals surface area contributed by atoms with Crippen LogP contribution in [-0.2, 0) is 14.8 Å². The molecule has 0 saturated heterocycles. The van der Waals surface area contributed by atoms with Crippen molar-refractivity contribution >= 4 is 21.6 Å². The fourth-order valence-corrected chi connectivity index (χ4v) is 4.53. The number of carbonyl (C=O) groups is 1. The van der Waals surface area contributed by atoms with Gasteiger partial charge >= 0.3 is 0 Å². The van der Waals surface area contributed by atoms with Gasteiger partial charge in [-0.05, 0) is 56.0 Å². The van der Waals surface area contributed by atoms with Crippen LogP contribution in [0.25, 0.3) is 0 Å². The summed E-state index contributed by atoms with van der Waals surface area (Å²) in [6.07, 6.45) is 0.693. The molecule has 0 fully saturated rings. The number of hydrogen-bond donors (Lipinski definition) is 1. The molecule has 2 aromatic carbocycles. The van der Waals surface area contributed by atoms with Gasteiger partial charge in [0.2, 0.25) is 15.9 Å². The number of carbonyl (C=O) groups excluding carboxylic acids is 1. The third kappa shape index (κ3) is 5.31. The molecule has 3 rings (SSSR count). The van der Waals surface area contributed by atoms with Crippen molar-refractivity contribution in [1.82, 2.24) is 5.32 Å². The summed E-state index contributed by atoms with van der Waals surface area (Å²) in [7, 11) is -3.68. The van der Waals surface area contributed by atoms with Gasteiger partial charge in [-0.25, -0.2) is 8.42 Å². The molecule has 2 aromatic rings. The molecule has 0 bridgehead atoms. The highest BCUT2D eigenvalue weighted by atomic mass is 32.2. The molecule has 1 atom stereocenters. The topological polar surface area (TPSA) is 84.9 Å². The number of anilines is 1. The van der Waals surface area contributed by atoms with E-state index in [0.717, 1.165) is 15.4 Å². The highest BCUT2D eigenvalue weighted by Gasteiger charge is 2.26. The average molecular weight is 447 g/mol. The van der Waals surface area contributed by atoms with Crippen molar-refractivity contribution in [3.63, 3.8) is 0 Å². The van der Waals surface area contributed by atoms with Crippen LogP contribution in [0.1, 0.15) is 43.0 Å². The normalized spacial score (nSPS) is 14.1. The van der Waals surface area contributed by atoms with Crippen LogP contribution in [0.4, 0.5) is 5.69 Å². The molecule has 0 radical (unpaired) electrons. The van der Waals surface area contributed by atoms with Crippen LogP contribution >= 0.6 is 0 Å². The van der Waals surface area contributed by atoms with Crippen LogP contribution in [0, 0.1) is 13.8 Å². The van der Waals surface area contributed by atoms with Gasteiger partial charge in [0.15, 0.2) is 11.5 Å². The van der Waals surface area contributed by atoms with Gasteiger partial charge in [-0.3, -0.25) is 9.10 Å². The number of fused-ring (bicyclic) bond motifs is 1. The first-order valence-corrected chi connectivity index (χ1v) is 12.1. The van der Waals surface area contributed by atoms with Gasteiger partial charge < -0.3 is 14.8 Å². The minimum absolute atomic E-state index is 0.122. The number of nitrogens with one attached hydrogen (secondary N) is 1. The van der Waals surface area contributed by atoms with E-state index in [2.05, 4.69) is 11.4 Å². The summed E-state index contributed by atoms with van der Waals surface area (Å²) in [5.74, 6) is 0.552. The molecule has 0 aliphatic carbocycles. The van der Waals surface area contributed by atoms with Gasteiger partial charge in [-0.15, -0.1) is 0 Å². The maximum absolute atomic E-state index is 12.9. The van der Waals surface area contributed by atoms with Crippen molar-refractivity contribution in [1.29, 1.82) is 0 Å². The molecule has 1 amide bonds. The van der Waals surface area contributed by atoms with E-state index in [1.165, 1.54) is 5.56 Å². The molecule has 0 saturated carbocycles. The van der Waals surface area contributed by atoms with E-state index in [4.69, 9.17) is 9.47 Å². The molecule has 1 heterocycles. The highest BCUT2D eigenvalue weighted by molar-refractivity contribution is 7.92. The lowest BCUT2D eigenvalue weighted by molar-refractivity contribution is -0.120. The molecule has 0 aromatic heterocycles. The number of aryl methyl sites for hydroxylation is 2. The Morgan fingerprint density at radius 3 is 2.39 bits per heavy atom. The maximum Gasteiger partial charge on any atom is 0.241 e. The quantitative estimate of drug-likeness (QED) is 0.671. The second-order valence-electron chi connectivity index (χ2n) is 7.61. The van der Waals surface area contributed by atoms with Crippen molar-refractivity contribution in [2.45, 2.75) is 40.2 Å². The monoisotopic (exact) mass is 446 g/mol. The van der Waals surface area contributed by atoms with E-state index >= 15 is 0 Å². The van der Waals surface area contributed by atoms with Gasteiger partial charge in [-0.1, -0.05) is 25.1 Å². The number of hydrogen-bond acceptors (Lipinski definition) is 5. The molecule has 0 unspecified atom stereocenters. The summed E-state index contributed by atoms with van der Waals surface area (Å²) in [6.45, 7) is 8.15. The van der Waals surface area contributed by atoms with Crippen LogP contribution in [0.5, 0.6) is 11.5 Å². The molecule has 31 heavy (non-hydrogen) atoms. The Bertz CT molecular complexity index is 1050. The predicted molar refractivity (Wildman–Crippen MR) is 121 cm³/mol. The van der Waals surface area contributed by atoms with E-state index in [1.807, 2.05) is 32.9 Å². The summed E-state index contributed by atoms with van der Waals surface area (Å²) >= 11 is 0. The SMILES string of the molecule is CC[C@@H](NC(=O)CN(c1ccc2c(c1)OCCO2)S(=O)(=O)CC)c1ccc(C)c(C)c1. The summed E-state index contributed by atoms with van der Waals surface area (Å²) in [5, 5.41) is 2.99. The van der Waals surface area contributed by atoms with Crippen molar-refractivity contribution in [3.05, 3.63) is 53.1 Å². The predicted octanol–water partition coefficient (Wildman–Crippen LogP) is 3.50. The maximum atomic E-state index is 12.9. The largest absolute Gasteiger partial charge is 0.486 e. The first-order valence-electron chi connectivity index (χ1n) is 10.5. The van der Waals surface area contributed by atoms with Crippen LogP contribution < -0.4 is 19.1 Å². The lowest BCUT2D eigenvalue weighted by atomic mass is 9.99. The van der Waals surface area contributed by atoms with Gasteiger partial charge in [-0.2, -0.15) is 0 Å². The number of amides is 1. The zero-order valence-electron chi connectivity index (χ0n) is 18.5. The molecule has 7 nitrogen and oxygen atoms in total. The standard InChI is InChI=1S/C23H30N2O5S/c1-5-20(18-8-7-16(3)17(4)13-18)24-23(26)15-25(31(27,28)6-2)19-9-10-21-22(14-19)30-12-11-29-21/h7-10,13-14,20H,5-6,11-12,15H2,1-4H3,(H,24,26)/t20-/m1/s1. The lowest BCUT2D eigenvalue weighted by Gasteiger charge is -2.27. The van der Waals surface area contributed by atoms with E-state index in [1.54, 1.807) is 25.1 Å². The summed E-state index contributed by atoms with van der Waals surface area (Å²) in [5.41, 5.74) is 3.71. The molecular formula is C23H30N2O5S. The number of rotatable bonds is 8. The summed E-state index contributed by atoms with van der Waals surface area (Å²) in [6, 6.07) is 10.8. The number of ether oxygens (including phenoxy) is 2. The Hall–Kier alpha value is -2.74. The van der Waals surface area contributed by atoms with Crippen molar-refractivity contribution in [2.75, 3.05) is 29.8 Å². The molecular weight excluding hydrogens is 416 g/mol. The van der Waals surface area contributed by atoms with Gasteiger partial charge in [0, 0.05) is 6.07 Å². The van der Waals surface area contributed by atoms with Crippen molar-refractivity contribution in [3.8, 4) is 11.5 Å². The van der Waals surface area contributed by atoms with Crippen molar-refractivity contribution in [2.24, 2.45) is 0 Å². The third-order valence-corrected chi connectivity index (χ3v) is 7.22. The second-order valence-corrected chi connectivity index (χ2v) is 9.79. The number of nitrogens with zero attached hydrogens (tertiary/aromatic N) is 1. The first-order chi connectivity index (χ1) is 14.7. The van der Waals surface area contributed by atoms with E-state index in [0.29, 0.717) is 36.8 Å². The molecule has 1 aliphatic rings. The Labute approximate surface area is 184 Å². The smallest absolute Gasteiger partial charge is 0.241 e. The molecule has 1 N–H and O–H groups in total. The van der Waals surface area contributed by atoms with E-state index < -0.39 is 10.0 Å². The van der Waals surface area contributed by atoms with Gasteiger partial charge in [0.25, 0.3) is 0 Å². The zero-order valence-corrected chi connectivity index (χ0v) is 19.3. The fraction of sp³-hybridized carbons (Fsp3) is 0.435. The van der Waals surface area contributed by atoms with Gasteiger partial charge in [0.1, 0.15) is 19.8 Å². The molecule has 8 heteroatoms. The Morgan fingerprint density at radius 2 is 1.74 bits per heavy atom. The average Bonchev–Trinajstić information content (AvgIpc) is 2.77. The molecule has 168 valence electrons. The summed E-state index contributed by atoms with van der Waals surface area (Å²) in [4.78, 5) is 12.9. The Morgan fingerprint density at radius 1 is 1.03 bits per heavy atom. The summed E-state index contributed by atoms with van der Waals surface area (Å²) < 4.78 is 37.8. The highest BCUT2D eigenvalue weighted by Crippen LogP contribution is 2.34. The lowest BCUT2D eigenvalue weighted by Crippen LogP contribution is -2.42. The van der Waals surface area contributed by atoms with Crippen LogP contribution in [0.15, 0.2) is 36.4 Å². The first kappa shape index (κ1) is 22.9. The Balaban J connectivity index is 1.82. The third-order valence-electron chi connectivity index (χ3n) is 5.48. The molecule has 1 aliphatic heterocycles. The minimum atomic E-state index is -3.68. The second kappa shape index (κ2) is 9.60. The van der Waals surface area contributed by atoms with E-state index in [9.17, 15) is 13.2 Å².